The van der Waals surface area contributed by atoms with Crippen LogP contribution in [0.15, 0.2) is 54.6 Å². The molecule has 6 nitrogen and oxygen atoms in total. The van der Waals surface area contributed by atoms with Crippen LogP contribution < -0.4 is 5.32 Å². The molecule has 1 heterocycles. The summed E-state index contributed by atoms with van der Waals surface area (Å²) in [5.74, 6) is -0.969. The van der Waals surface area contributed by atoms with Gasteiger partial charge in [-0.2, -0.15) is 0 Å². The van der Waals surface area contributed by atoms with Crippen molar-refractivity contribution in [3.63, 3.8) is 0 Å². The Bertz CT molecular complexity index is 803. The predicted octanol–water partition coefficient (Wildman–Crippen LogP) is 2.88. The Morgan fingerprint density at radius 2 is 1.96 bits per heavy atom. The van der Waals surface area contributed by atoms with Gasteiger partial charge in [0.1, 0.15) is 0 Å². The Labute approximate surface area is 152 Å². The number of carboxylic acids is 1. The van der Waals surface area contributed by atoms with Crippen LogP contribution >= 0.6 is 7.37 Å². The molecular weight excluding hydrogens is 353 g/mol. The van der Waals surface area contributed by atoms with E-state index in [2.05, 4.69) is 5.32 Å². The largest absolute Gasteiger partial charge is 0.478 e. The van der Waals surface area contributed by atoms with E-state index in [0.717, 1.165) is 11.1 Å². The minimum atomic E-state index is -3.34. The highest BCUT2D eigenvalue weighted by Crippen LogP contribution is 2.45. The number of hydrogen-bond donors (Lipinski definition) is 3. The first-order chi connectivity index (χ1) is 12.4. The van der Waals surface area contributed by atoms with Gasteiger partial charge < -0.3 is 20.1 Å². The molecule has 1 unspecified atom stereocenters. The molecule has 0 spiro atoms. The summed E-state index contributed by atoms with van der Waals surface area (Å²) in [5.41, 5.74) is 1.90. The minimum absolute atomic E-state index is 0.0940. The van der Waals surface area contributed by atoms with Gasteiger partial charge in [0.15, 0.2) is 0 Å². The number of carbonyl (C=O) groups is 1. The molecule has 0 aliphatic carbocycles. The van der Waals surface area contributed by atoms with Gasteiger partial charge in [0, 0.05) is 12.7 Å². The molecule has 3 rings (SSSR count). The van der Waals surface area contributed by atoms with Gasteiger partial charge in [0.05, 0.1) is 30.5 Å². The first-order valence-corrected chi connectivity index (χ1v) is 10.5. The summed E-state index contributed by atoms with van der Waals surface area (Å²) < 4.78 is 18.3. The number of rotatable bonds is 6. The van der Waals surface area contributed by atoms with Crippen molar-refractivity contribution in [1.82, 2.24) is 5.32 Å². The zero-order chi connectivity index (χ0) is 18.6. The molecule has 3 N–H and O–H groups in total. The Balaban J connectivity index is 1.56. The summed E-state index contributed by atoms with van der Waals surface area (Å²) in [5, 5.41) is 12.4. The molecular formula is C19H22NO5P. The van der Waals surface area contributed by atoms with Gasteiger partial charge in [-0.25, -0.2) is 4.79 Å². The number of hydrogen-bond acceptors (Lipinski definition) is 4. The highest BCUT2D eigenvalue weighted by molar-refractivity contribution is 7.57. The normalized spacial score (nSPS) is 22.5. The number of aromatic carboxylic acids is 1. The molecule has 0 bridgehead atoms. The van der Waals surface area contributed by atoms with Crippen molar-refractivity contribution in [2.45, 2.75) is 18.3 Å². The maximum Gasteiger partial charge on any atom is 0.335 e. The molecule has 0 radical (unpaired) electrons. The molecule has 2 aromatic rings. The van der Waals surface area contributed by atoms with E-state index >= 15 is 0 Å². The highest BCUT2D eigenvalue weighted by Gasteiger charge is 2.29. The predicted molar refractivity (Wildman–Crippen MR) is 98.7 cm³/mol. The van der Waals surface area contributed by atoms with Crippen molar-refractivity contribution in [3.05, 3.63) is 71.3 Å². The van der Waals surface area contributed by atoms with Crippen molar-refractivity contribution in [2.75, 3.05) is 19.3 Å². The lowest BCUT2D eigenvalue weighted by Crippen LogP contribution is -2.42. The Morgan fingerprint density at radius 1 is 1.19 bits per heavy atom. The summed E-state index contributed by atoms with van der Waals surface area (Å²) in [4.78, 5) is 21.4. The zero-order valence-electron chi connectivity index (χ0n) is 14.2. The maximum absolute atomic E-state index is 12.5. The minimum Gasteiger partial charge on any atom is -0.478 e. The number of ether oxygens (including phenoxy) is 1. The van der Waals surface area contributed by atoms with Crippen LogP contribution in [0.1, 0.15) is 27.5 Å². The summed E-state index contributed by atoms with van der Waals surface area (Å²) in [7, 11) is -3.34. The van der Waals surface area contributed by atoms with Crippen molar-refractivity contribution in [2.24, 2.45) is 0 Å². The fraction of sp³-hybridized carbons (Fsp3) is 0.316. The third-order valence-corrected chi connectivity index (χ3v) is 6.22. The maximum atomic E-state index is 12.5. The van der Waals surface area contributed by atoms with Crippen LogP contribution in [0, 0.1) is 0 Å². The molecule has 1 aliphatic heterocycles. The van der Waals surface area contributed by atoms with E-state index in [4.69, 9.17) is 9.84 Å². The van der Waals surface area contributed by atoms with Crippen LogP contribution in [0.2, 0.25) is 0 Å². The first-order valence-electron chi connectivity index (χ1n) is 8.46. The molecule has 3 atom stereocenters. The van der Waals surface area contributed by atoms with Crippen LogP contribution in [0.4, 0.5) is 0 Å². The molecule has 0 aromatic heterocycles. The fourth-order valence-electron chi connectivity index (χ4n) is 3.10. The van der Waals surface area contributed by atoms with E-state index in [9.17, 15) is 14.3 Å². The van der Waals surface area contributed by atoms with Gasteiger partial charge in [-0.3, -0.25) is 4.57 Å². The second-order valence-electron chi connectivity index (χ2n) is 6.52. The van der Waals surface area contributed by atoms with Crippen LogP contribution in [0.3, 0.4) is 0 Å². The van der Waals surface area contributed by atoms with Crippen molar-refractivity contribution >= 4 is 13.3 Å². The monoisotopic (exact) mass is 375 g/mol. The molecule has 0 amide bonds. The lowest BCUT2D eigenvalue weighted by molar-refractivity contribution is 0.0156. The van der Waals surface area contributed by atoms with Crippen molar-refractivity contribution in [1.29, 1.82) is 0 Å². The SMILES string of the molecule is O=C(O)c1cccc([C@@H]2CO[C@@H](CP(=O)(O)Cc3ccccc3)CN2)c1. The molecule has 26 heavy (non-hydrogen) atoms. The molecule has 1 fully saturated rings. The van der Waals surface area contributed by atoms with Gasteiger partial charge in [-0.15, -0.1) is 0 Å². The van der Waals surface area contributed by atoms with E-state index in [1.165, 1.54) is 0 Å². The molecule has 1 aliphatic rings. The molecule has 7 heteroatoms. The quantitative estimate of drug-likeness (QED) is 0.672. The average Bonchev–Trinajstić information content (AvgIpc) is 2.62. The second-order valence-corrected chi connectivity index (χ2v) is 8.89. The van der Waals surface area contributed by atoms with Crippen LogP contribution in [-0.4, -0.2) is 41.4 Å². The van der Waals surface area contributed by atoms with Crippen LogP contribution in [0.5, 0.6) is 0 Å². The summed E-state index contributed by atoms with van der Waals surface area (Å²) in [6, 6.07) is 15.8. The molecule has 138 valence electrons. The number of carboxylic acid groups (broad SMARTS) is 1. The molecule has 2 aromatic carbocycles. The second kappa shape index (κ2) is 8.14. The fourth-order valence-corrected chi connectivity index (χ4v) is 4.88. The van der Waals surface area contributed by atoms with E-state index in [0.29, 0.717) is 13.2 Å². The molecule has 0 saturated carbocycles. The van der Waals surface area contributed by atoms with E-state index in [1.807, 2.05) is 36.4 Å². The summed E-state index contributed by atoms with van der Waals surface area (Å²) in [6.45, 7) is 0.778. The van der Waals surface area contributed by atoms with Crippen molar-refractivity contribution < 1.29 is 24.1 Å². The summed E-state index contributed by atoms with van der Waals surface area (Å²) >= 11 is 0. The van der Waals surface area contributed by atoms with E-state index in [-0.39, 0.29) is 30.0 Å². The lowest BCUT2D eigenvalue weighted by atomic mass is 10.0. The number of benzene rings is 2. The topological polar surface area (TPSA) is 95.9 Å². The lowest BCUT2D eigenvalue weighted by Gasteiger charge is -2.31. The van der Waals surface area contributed by atoms with E-state index < -0.39 is 13.3 Å². The van der Waals surface area contributed by atoms with Gasteiger partial charge >= 0.3 is 5.97 Å². The van der Waals surface area contributed by atoms with Gasteiger partial charge in [0.2, 0.25) is 7.37 Å². The Hall–Kier alpha value is -1.98. The van der Waals surface area contributed by atoms with Gasteiger partial charge in [0.25, 0.3) is 0 Å². The Morgan fingerprint density at radius 3 is 2.62 bits per heavy atom. The molecule has 1 saturated heterocycles. The summed E-state index contributed by atoms with van der Waals surface area (Å²) in [6.07, 6.45) is -0.109. The van der Waals surface area contributed by atoms with Gasteiger partial charge in [-0.05, 0) is 23.3 Å². The first kappa shape index (κ1) is 18.8. The Kier molecular flexibility index (Phi) is 5.89. The number of morpholine rings is 1. The van der Waals surface area contributed by atoms with Gasteiger partial charge in [-0.1, -0.05) is 42.5 Å². The number of nitrogens with one attached hydrogen (secondary N) is 1. The highest BCUT2D eigenvalue weighted by atomic mass is 31.2. The van der Waals surface area contributed by atoms with Crippen LogP contribution in [-0.2, 0) is 15.5 Å². The third-order valence-electron chi connectivity index (χ3n) is 4.39. The van der Waals surface area contributed by atoms with Crippen molar-refractivity contribution in [3.8, 4) is 0 Å². The van der Waals surface area contributed by atoms with Crippen LogP contribution in [0.25, 0.3) is 0 Å². The zero-order valence-corrected chi connectivity index (χ0v) is 15.1. The smallest absolute Gasteiger partial charge is 0.335 e. The standard InChI is InChI=1S/C19H22NO5P/c21-19(22)16-8-4-7-15(9-16)18-11-25-17(10-20-18)13-26(23,24)12-14-5-2-1-3-6-14/h1-9,17-18,20H,10-13H2,(H,21,22)(H,23,24)/t17-,18+/m1/s1. The average molecular weight is 375 g/mol. The third kappa shape index (κ3) is 5.02. The van der Waals surface area contributed by atoms with E-state index in [1.54, 1.807) is 18.2 Å².